The number of thiazole rings is 1. The first-order valence-corrected chi connectivity index (χ1v) is 6.80. The van der Waals surface area contributed by atoms with Gasteiger partial charge in [0.15, 0.2) is 5.13 Å². The number of carbonyl (C=O) groups is 1. The van der Waals surface area contributed by atoms with E-state index in [0.717, 1.165) is 16.3 Å². The van der Waals surface area contributed by atoms with E-state index in [4.69, 9.17) is 11.6 Å². The minimum atomic E-state index is -0.700. The number of nitrogens with zero attached hydrogens (tertiary/aromatic N) is 2. The molecule has 100 valence electrons. The van der Waals surface area contributed by atoms with Gasteiger partial charge < -0.3 is 0 Å². The predicted octanol–water partition coefficient (Wildman–Crippen LogP) is 3.74. The highest BCUT2D eigenvalue weighted by Crippen LogP contribution is 2.28. The van der Waals surface area contributed by atoms with Crippen LogP contribution in [-0.2, 0) is 0 Å². The fourth-order valence-electron chi connectivity index (χ4n) is 1.66. The van der Waals surface area contributed by atoms with Gasteiger partial charge in [-0.15, -0.1) is 0 Å². The molecule has 20 heavy (non-hydrogen) atoms. The van der Waals surface area contributed by atoms with Crippen molar-refractivity contribution in [2.24, 2.45) is 0 Å². The van der Waals surface area contributed by atoms with Crippen molar-refractivity contribution < 1.29 is 9.18 Å². The van der Waals surface area contributed by atoms with Crippen molar-refractivity contribution in [3.63, 3.8) is 0 Å². The van der Waals surface area contributed by atoms with E-state index in [2.05, 4.69) is 15.3 Å². The zero-order valence-electron chi connectivity index (χ0n) is 9.93. The van der Waals surface area contributed by atoms with Gasteiger partial charge in [-0.25, -0.2) is 9.97 Å². The van der Waals surface area contributed by atoms with Crippen LogP contribution in [0.1, 0.15) is 10.4 Å². The van der Waals surface area contributed by atoms with Crippen molar-refractivity contribution in [1.29, 1.82) is 0 Å². The second kappa shape index (κ2) is 5.15. The number of aromatic nitrogens is 2. The molecule has 0 aliphatic heterocycles. The summed E-state index contributed by atoms with van der Waals surface area (Å²) in [7, 11) is 0. The SMILES string of the molecule is O=C(Nc1nc2ccc(Cl)cc2s1)c1ccnc(F)c1. The number of fused-ring (bicyclic) bond motifs is 1. The molecule has 2 heterocycles. The molecule has 0 saturated heterocycles. The number of hydrogen-bond donors (Lipinski definition) is 1. The molecule has 2 aromatic heterocycles. The maximum atomic E-state index is 13.0. The molecule has 1 aromatic carbocycles. The summed E-state index contributed by atoms with van der Waals surface area (Å²) in [5.74, 6) is -1.13. The summed E-state index contributed by atoms with van der Waals surface area (Å²) >= 11 is 7.19. The summed E-state index contributed by atoms with van der Waals surface area (Å²) in [6.45, 7) is 0. The van der Waals surface area contributed by atoms with E-state index in [0.29, 0.717) is 10.2 Å². The Morgan fingerprint density at radius 1 is 1.30 bits per heavy atom. The third-order valence-corrected chi connectivity index (χ3v) is 3.73. The van der Waals surface area contributed by atoms with Gasteiger partial charge in [0.2, 0.25) is 5.95 Å². The summed E-state index contributed by atoms with van der Waals surface area (Å²) in [5, 5.41) is 3.67. The molecule has 0 saturated carbocycles. The van der Waals surface area contributed by atoms with Crippen LogP contribution in [0.25, 0.3) is 10.2 Å². The summed E-state index contributed by atoms with van der Waals surface area (Å²) in [6, 6.07) is 7.78. The molecular weight excluding hydrogens is 301 g/mol. The lowest BCUT2D eigenvalue weighted by molar-refractivity contribution is 0.102. The Kier molecular flexibility index (Phi) is 3.33. The molecule has 4 nitrogen and oxygen atoms in total. The van der Waals surface area contributed by atoms with Gasteiger partial charge in [-0.3, -0.25) is 10.1 Å². The molecule has 0 atom stereocenters. The standard InChI is InChI=1S/C13H7ClFN3OS/c14-8-1-2-9-10(6-8)20-13(17-9)18-12(19)7-3-4-16-11(15)5-7/h1-6H,(H,17,18,19). The van der Waals surface area contributed by atoms with E-state index >= 15 is 0 Å². The highest BCUT2D eigenvalue weighted by atomic mass is 35.5. The molecule has 0 fully saturated rings. The van der Waals surface area contributed by atoms with Gasteiger partial charge in [0.05, 0.1) is 10.2 Å². The summed E-state index contributed by atoms with van der Waals surface area (Å²) < 4.78 is 13.8. The van der Waals surface area contributed by atoms with Crippen LogP contribution < -0.4 is 5.32 Å². The third-order valence-electron chi connectivity index (χ3n) is 2.56. The molecule has 0 spiro atoms. The second-order valence-electron chi connectivity index (χ2n) is 3.95. The number of nitrogens with one attached hydrogen (secondary N) is 1. The van der Waals surface area contributed by atoms with Gasteiger partial charge >= 0.3 is 0 Å². The number of anilines is 1. The van der Waals surface area contributed by atoms with Crippen LogP contribution >= 0.6 is 22.9 Å². The van der Waals surface area contributed by atoms with Crippen molar-refractivity contribution >= 4 is 44.2 Å². The van der Waals surface area contributed by atoms with Crippen LogP contribution in [0.5, 0.6) is 0 Å². The third kappa shape index (κ3) is 2.61. The van der Waals surface area contributed by atoms with Gasteiger partial charge in [-0.05, 0) is 24.3 Å². The van der Waals surface area contributed by atoms with Crippen LogP contribution in [0, 0.1) is 5.95 Å². The first kappa shape index (κ1) is 13.0. The van der Waals surface area contributed by atoms with Crippen LogP contribution in [0.3, 0.4) is 0 Å². The van der Waals surface area contributed by atoms with Gasteiger partial charge in [0, 0.05) is 22.8 Å². The normalized spacial score (nSPS) is 10.7. The number of rotatable bonds is 2. The highest BCUT2D eigenvalue weighted by molar-refractivity contribution is 7.22. The Labute approximate surface area is 122 Å². The largest absolute Gasteiger partial charge is 0.298 e. The summed E-state index contributed by atoms with van der Waals surface area (Å²) in [5.41, 5.74) is 0.936. The second-order valence-corrected chi connectivity index (χ2v) is 5.42. The van der Waals surface area contributed by atoms with E-state index in [1.165, 1.54) is 23.6 Å². The van der Waals surface area contributed by atoms with E-state index in [1.54, 1.807) is 18.2 Å². The van der Waals surface area contributed by atoms with Gasteiger partial charge in [0.1, 0.15) is 0 Å². The van der Waals surface area contributed by atoms with Crippen LogP contribution in [0.4, 0.5) is 9.52 Å². The van der Waals surface area contributed by atoms with Crippen molar-refractivity contribution in [2.75, 3.05) is 5.32 Å². The van der Waals surface area contributed by atoms with E-state index in [1.807, 2.05) is 0 Å². The smallest absolute Gasteiger partial charge is 0.257 e. The van der Waals surface area contributed by atoms with Crippen LogP contribution in [0.15, 0.2) is 36.5 Å². The van der Waals surface area contributed by atoms with Crippen molar-refractivity contribution in [1.82, 2.24) is 9.97 Å². The average Bonchev–Trinajstić information content (AvgIpc) is 2.80. The average molecular weight is 308 g/mol. The molecule has 7 heteroatoms. The van der Waals surface area contributed by atoms with Gasteiger partial charge in [-0.2, -0.15) is 4.39 Å². The minimum Gasteiger partial charge on any atom is -0.298 e. The maximum absolute atomic E-state index is 13.0. The highest BCUT2D eigenvalue weighted by Gasteiger charge is 2.11. The van der Waals surface area contributed by atoms with E-state index in [9.17, 15) is 9.18 Å². The first-order valence-electron chi connectivity index (χ1n) is 5.61. The number of carbonyl (C=O) groups excluding carboxylic acids is 1. The number of hydrogen-bond acceptors (Lipinski definition) is 4. The fraction of sp³-hybridized carbons (Fsp3) is 0. The fourth-order valence-corrected chi connectivity index (χ4v) is 2.80. The zero-order valence-corrected chi connectivity index (χ0v) is 11.5. The molecule has 0 bridgehead atoms. The molecule has 1 N–H and O–H groups in total. The molecule has 0 radical (unpaired) electrons. The Morgan fingerprint density at radius 3 is 2.95 bits per heavy atom. The number of amides is 1. The molecule has 3 aromatic rings. The van der Waals surface area contributed by atoms with E-state index in [-0.39, 0.29) is 5.56 Å². The van der Waals surface area contributed by atoms with Crippen LogP contribution in [-0.4, -0.2) is 15.9 Å². The number of pyridine rings is 1. The number of benzene rings is 1. The molecule has 3 rings (SSSR count). The van der Waals surface area contributed by atoms with Crippen molar-refractivity contribution in [3.05, 3.63) is 53.1 Å². The predicted molar refractivity (Wildman–Crippen MR) is 76.8 cm³/mol. The Bertz CT molecular complexity index is 805. The molecule has 0 unspecified atom stereocenters. The van der Waals surface area contributed by atoms with Crippen molar-refractivity contribution in [2.45, 2.75) is 0 Å². The van der Waals surface area contributed by atoms with E-state index < -0.39 is 11.9 Å². The minimum absolute atomic E-state index is 0.190. The maximum Gasteiger partial charge on any atom is 0.257 e. The van der Waals surface area contributed by atoms with Gasteiger partial charge in [-0.1, -0.05) is 22.9 Å². The first-order chi connectivity index (χ1) is 9.61. The van der Waals surface area contributed by atoms with Crippen LogP contribution in [0.2, 0.25) is 5.02 Å². The Hall–Kier alpha value is -2.05. The molecular formula is C13H7ClFN3OS. The molecule has 1 amide bonds. The Balaban J connectivity index is 1.87. The summed E-state index contributed by atoms with van der Waals surface area (Å²) in [4.78, 5) is 19.6. The molecule has 0 aliphatic carbocycles. The molecule has 0 aliphatic rings. The quantitative estimate of drug-likeness (QED) is 0.734. The Morgan fingerprint density at radius 2 is 2.15 bits per heavy atom. The van der Waals surface area contributed by atoms with Crippen molar-refractivity contribution in [3.8, 4) is 0 Å². The lowest BCUT2D eigenvalue weighted by atomic mass is 10.2. The lowest BCUT2D eigenvalue weighted by Gasteiger charge is -2.00. The topological polar surface area (TPSA) is 54.9 Å². The zero-order chi connectivity index (χ0) is 14.1. The summed E-state index contributed by atoms with van der Waals surface area (Å²) in [6.07, 6.45) is 1.24. The van der Waals surface area contributed by atoms with Gasteiger partial charge in [0.25, 0.3) is 5.91 Å². The lowest BCUT2D eigenvalue weighted by Crippen LogP contribution is -2.12. The number of halogens is 2. The monoisotopic (exact) mass is 307 g/mol.